The van der Waals surface area contributed by atoms with Crippen molar-refractivity contribution in [1.29, 1.82) is 0 Å². The zero-order valence-electron chi connectivity index (χ0n) is 9.20. The quantitative estimate of drug-likeness (QED) is 0.920. The van der Waals surface area contributed by atoms with Gasteiger partial charge in [-0.2, -0.15) is 0 Å². The summed E-state index contributed by atoms with van der Waals surface area (Å²) >= 11 is 3.40. The van der Waals surface area contributed by atoms with Gasteiger partial charge in [0.15, 0.2) is 0 Å². The van der Waals surface area contributed by atoms with Gasteiger partial charge in [0.2, 0.25) is 0 Å². The van der Waals surface area contributed by atoms with Gasteiger partial charge in [-0.05, 0) is 47.0 Å². The van der Waals surface area contributed by atoms with Crippen molar-refractivity contribution in [3.05, 3.63) is 51.6 Å². The Labute approximate surface area is 103 Å². The van der Waals surface area contributed by atoms with E-state index in [0.29, 0.717) is 5.76 Å². The summed E-state index contributed by atoms with van der Waals surface area (Å²) in [6.45, 7) is 4.02. The number of nitrogens with zero attached hydrogens (tertiary/aromatic N) is 1. The highest BCUT2D eigenvalue weighted by atomic mass is 79.9. The molecule has 2 aromatic heterocycles. The predicted octanol–water partition coefficient (Wildman–Crippen LogP) is 3.10. The first-order valence-electron chi connectivity index (χ1n) is 5.01. The second-order valence-electron chi connectivity index (χ2n) is 3.83. The lowest BCUT2D eigenvalue weighted by Gasteiger charge is -2.12. The molecule has 0 spiro atoms. The molecule has 1 unspecified atom stereocenters. The molecule has 0 saturated carbocycles. The average Bonchev–Trinajstić information content (AvgIpc) is 2.63. The summed E-state index contributed by atoms with van der Waals surface area (Å²) in [6, 6.07) is 3.57. The van der Waals surface area contributed by atoms with Crippen LogP contribution in [0.2, 0.25) is 0 Å². The van der Waals surface area contributed by atoms with E-state index >= 15 is 0 Å². The van der Waals surface area contributed by atoms with Crippen molar-refractivity contribution in [3.8, 4) is 0 Å². The zero-order valence-corrected chi connectivity index (χ0v) is 10.8. The van der Waals surface area contributed by atoms with Crippen LogP contribution in [-0.4, -0.2) is 4.98 Å². The Morgan fingerprint density at radius 2 is 2.19 bits per heavy atom. The van der Waals surface area contributed by atoms with E-state index in [9.17, 15) is 0 Å². The molecule has 0 fully saturated rings. The Balaban J connectivity index is 2.41. The molecule has 2 N–H and O–H groups in total. The number of furan rings is 1. The molecular weight excluding hydrogens is 268 g/mol. The van der Waals surface area contributed by atoms with Crippen LogP contribution in [0.25, 0.3) is 0 Å². The number of pyridine rings is 1. The molecule has 16 heavy (non-hydrogen) atoms. The van der Waals surface area contributed by atoms with Gasteiger partial charge in [-0.3, -0.25) is 4.98 Å². The van der Waals surface area contributed by atoms with Crippen LogP contribution in [0.3, 0.4) is 0 Å². The fourth-order valence-corrected chi connectivity index (χ4v) is 2.15. The topological polar surface area (TPSA) is 52.0 Å². The minimum absolute atomic E-state index is 0.329. The first-order chi connectivity index (χ1) is 7.59. The van der Waals surface area contributed by atoms with E-state index < -0.39 is 0 Å². The zero-order chi connectivity index (χ0) is 11.7. The van der Waals surface area contributed by atoms with Gasteiger partial charge in [0.25, 0.3) is 0 Å². The number of rotatable bonds is 2. The fraction of sp³-hybridized carbons (Fsp3) is 0.250. The third-order valence-corrected chi connectivity index (χ3v) is 3.13. The van der Waals surface area contributed by atoms with Crippen LogP contribution in [0.5, 0.6) is 0 Å². The van der Waals surface area contributed by atoms with Crippen LogP contribution in [0, 0.1) is 13.8 Å². The molecule has 84 valence electrons. The van der Waals surface area contributed by atoms with E-state index in [2.05, 4.69) is 27.0 Å². The van der Waals surface area contributed by atoms with Crippen LogP contribution in [-0.2, 0) is 0 Å². The van der Waals surface area contributed by atoms with E-state index in [1.54, 1.807) is 6.26 Å². The molecule has 0 radical (unpaired) electrons. The summed E-state index contributed by atoms with van der Waals surface area (Å²) in [7, 11) is 0. The lowest BCUT2D eigenvalue weighted by Crippen LogP contribution is -2.14. The highest BCUT2D eigenvalue weighted by Gasteiger charge is 2.18. The van der Waals surface area contributed by atoms with Gasteiger partial charge in [-0.1, -0.05) is 6.07 Å². The van der Waals surface area contributed by atoms with Gasteiger partial charge in [-0.25, -0.2) is 0 Å². The van der Waals surface area contributed by atoms with Crippen LogP contribution < -0.4 is 5.73 Å². The largest absolute Gasteiger partial charge is 0.466 e. The van der Waals surface area contributed by atoms with Gasteiger partial charge >= 0.3 is 0 Å². The molecule has 2 aromatic rings. The normalized spacial score (nSPS) is 12.8. The van der Waals surface area contributed by atoms with Crippen molar-refractivity contribution in [2.45, 2.75) is 19.9 Å². The molecule has 1 atom stereocenters. The molecule has 0 aliphatic carbocycles. The van der Waals surface area contributed by atoms with Gasteiger partial charge in [0.05, 0.1) is 16.4 Å². The van der Waals surface area contributed by atoms with Crippen LogP contribution in [0.15, 0.2) is 33.5 Å². The van der Waals surface area contributed by atoms with Crippen molar-refractivity contribution in [3.63, 3.8) is 0 Å². The Morgan fingerprint density at radius 3 is 2.75 bits per heavy atom. The SMILES string of the molecule is Cc1cnc(C(N)c2occc2Br)c(C)c1. The molecule has 0 amide bonds. The summed E-state index contributed by atoms with van der Waals surface area (Å²) < 4.78 is 6.23. The van der Waals surface area contributed by atoms with Crippen LogP contribution in [0.4, 0.5) is 0 Å². The Morgan fingerprint density at radius 1 is 1.44 bits per heavy atom. The molecule has 0 bridgehead atoms. The summed E-state index contributed by atoms with van der Waals surface area (Å²) in [4.78, 5) is 4.37. The molecule has 0 aliphatic rings. The maximum Gasteiger partial charge on any atom is 0.140 e. The lowest BCUT2D eigenvalue weighted by molar-refractivity contribution is 0.483. The summed E-state index contributed by atoms with van der Waals surface area (Å²) in [5.41, 5.74) is 9.19. The third kappa shape index (κ3) is 2.03. The summed E-state index contributed by atoms with van der Waals surface area (Å²) in [6.07, 6.45) is 3.43. The maximum absolute atomic E-state index is 6.13. The molecular formula is C12H13BrN2O. The third-order valence-electron chi connectivity index (χ3n) is 2.48. The average molecular weight is 281 g/mol. The molecule has 4 heteroatoms. The molecule has 0 aromatic carbocycles. The molecule has 2 heterocycles. The van der Waals surface area contributed by atoms with E-state index in [1.165, 1.54) is 0 Å². The van der Waals surface area contributed by atoms with Crippen molar-refractivity contribution in [2.24, 2.45) is 5.73 Å². The molecule has 0 saturated heterocycles. The van der Waals surface area contributed by atoms with Crippen molar-refractivity contribution in [2.75, 3.05) is 0 Å². The fourth-order valence-electron chi connectivity index (χ4n) is 1.70. The predicted molar refractivity (Wildman–Crippen MR) is 66.1 cm³/mol. The Bertz CT molecular complexity index is 507. The van der Waals surface area contributed by atoms with E-state index in [1.807, 2.05) is 26.1 Å². The summed E-state index contributed by atoms with van der Waals surface area (Å²) in [5.74, 6) is 0.708. The van der Waals surface area contributed by atoms with Crippen LogP contribution >= 0.6 is 15.9 Å². The Kier molecular flexibility index (Phi) is 3.12. The monoisotopic (exact) mass is 280 g/mol. The number of hydrogen-bond donors (Lipinski definition) is 1. The number of nitrogens with two attached hydrogens (primary N) is 1. The van der Waals surface area contributed by atoms with E-state index in [0.717, 1.165) is 21.3 Å². The van der Waals surface area contributed by atoms with Crippen molar-refractivity contribution in [1.82, 2.24) is 4.98 Å². The van der Waals surface area contributed by atoms with E-state index in [-0.39, 0.29) is 6.04 Å². The highest BCUT2D eigenvalue weighted by Crippen LogP contribution is 2.28. The second-order valence-corrected chi connectivity index (χ2v) is 4.68. The summed E-state index contributed by atoms with van der Waals surface area (Å²) in [5, 5.41) is 0. The first-order valence-corrected chi connectivity index (χ1v) is 5.80. The minimum atomic E-state index is -0.329. The molecule has 2 rings (SSSR count). The van der Waals surface area contributed by atoms with Gasteiger partial charge in [-0.15, -0.1) is 0 Å². The smallest absolute Gasteiger partial charge is 0.140 e. The number of aryl methyl sites for hydroxylation is 2. The minimum Gasteiger partial charge on any atom is -0.466 e. The van der Waals surface area contributed by atoms with Crippen molar-refractivity contribution >= 4 is 15.9 Å². The van der Waals surface area contributed by atoms with E-state index in [4.69, 9.17) is 10.2 Å². The molecule has 3 nitrogen and oxygen atoms in total. The number of hydrogen-bond acceptors (Lipinski definition) is 3. The van der Waals surface area contributed by atoms with Gasteiger partial charge in [0.1, 0.15) is 11.8 Å². The van der Waals surface area contributed by atoms with Gasteiger partial charge < -0.3 is 10.2 Å². The number of halogens is 1. The van der Waals surface area contributed by atoms with Crippen LogP contribution in [0.1, 0.15) is 28.6 Å². The maximum atomic E-state index is 6.13. The van der Waals surface area contributed by atoms with Gasteiger partial charge in [0, 0.05) is 6.20 Å². The highest BCUT2D eigenvalue weighted by molar-refractivity contribution is 9.10. The molecule has 0 aliphatic heterocycles. The first kappa shape index (κ1) is 11.4. The standard InChI is InChI=1S/C12H13BrN2O/c1-7-5-8(2)11(15-6-7)10(14)12-9(13)3-4-16-12/h3-6,10H,14H2,1-2H3. The lowest BCUT2D eigenvalue weighted by atomic mass is 10.1. The second kappa shape index (κ2) is 4.39. The Hall–Kier alpha value is -1.13. The van der Waals surface area contributed by atoms with Crippen molar-refractivity contribution < 1.29 is 4.42 Å². The number of aromatic nitrogens is 1.